The van der Waals surface area contributed by atoms with E-state index in [2.05, 4.69) is 9.97 Å². The summed E-state index contributed by atoms with van der Waals surface area (Å²) in [4.78, 5) is 33.4. The molecular weight excluding hydrogens is 526 g/mol. The second-order valence-corrected chi connectivity index (χ2v) is 10.6. The van der Waals surface area contributed by atoms with Gasteiger partial charge in [-0.2, -0.15) is 0 Å². The van der Waals surface area contributed by atoms with E-state index in [-0.39, 0.29) is 40.4 Å². The van der Waals surface area contributed by atoms with Crippen molar-refractivity contribution in [2.75, 3.05) is 25.1 Å². The van der Waals surface area contributed by atoms with Gasteiger partial charge in [-0.05, 0) is 37.5 Å². The number of sulfonamides is 1. The summed E-state index contributed by atoms with van der Waals surface area (Å²) in [6.45, 7) is 6.70. The van der Waals surface area contributed by atoms with E-state index in [0.717, 1.165) is 0 Å². The zero-order valence-corrected chi connectivity index (χ0v) is 23.4. The predicted molar refractivity (Wildman–Crippen MR) is 143 cm³/mol. The maximum absolute atomic E-state index is 14.3. The molecule has 39 heavy (non-hydrogen) atoms. The van der Waals surface area contributed by atoms with Crippen LogP contribution < -0.4 is 13.8 Å². The lowest BCUT2D eigenvalue weighted by Gasteiger charge is -2.24. The highest BCUT2D eigenvalue weighted by molar-refractivity contribution is 7.93. The molecule has 0 aliphatic rings. The number of methoxy groups -OCH3 is 2. The van der Waals surface area contributed by atoms with E-state index in [4.69, 9.17) is 18.9 Å². The first-order valence-electron chi connectivity index (χ1n) is 12.0. The molecule has 1 heterocycles. The van der Waals surface area contributed by atoms with Gasteiger partial charge in [-0.3, -0.25) is 0 Å². The predicted octanol–water partition coefficient (Wildman–Crippen LogP) is 4.39. The molecule has 3 aromatic rings. The van der Waals surface area contributed by atoms with Gasteiger partial charge in [0.2, 0.25) is 5.82 Å². The van der Waals surface area contributed by atoms with Gasteiger partial charge in [0.25, 0.3) is 15.9 Å². The lowest BCUT2D eigenvalue weighted by atomic mass is 10.1. The number of ether oxygens (including phenoxy) is 4. The van der Waals surface area contributed by atoms with Gasteiger partial charge in [-0.15, -0.1) is 4.31 Å². The third kappa shape index (κ3) is 6.82. The highest BCUT2D eigenvalue weighted by atomic mass is 32.2. The van der Waals surface area contributed by atoms with Gasteiger partial charge in [-0.25, -0.2) is 28.0 Å². The van der Waals surface area contributed by atoms with E-state index in [1.165, 1.54) is 45.5 Å². The van der Waals surface area contributed by atoms with E-state index >= 15 is 0 Å². The number of carbonyl (C=O) groups excluding carboxylic acids is 2. The number of amides is 1. The van der Waals surface area contributed by atoms with Crippen molar-refractivity contribution in [2.24, 2.45) is 5.92 Å². The lowest BCUT2D eigenvalue weighted by Crippen LogP contribution is -2.39. The standard InChI is InChI=1S/C27H31N3O8S/c1-17(2)16-37-27(32)30(24-25(35-5)29-18(3)15-28-24)39(33,34)23-14-21(38-19(4)26(31)36-6)12-13-22(23)20-10-8-7-9-11-20/h7-15,17,19H,16H2,1-6H3. The Morgan fingerprint density at radius 1 is 1.03 bits per heavy atom. The molecular formula is C27H31N3O8S. The monoisotopic (exact) mass is 557 g/mol. The molecule has 1 unspecified atom stereocenters. The van der Waals surface area contributed by atoms with E-state index < -0.39 is 28.2 Å². The quantitative estimate of drug-likeness (QED) is 0.330. The number of aryl methyl sites for hydroxylation is 1. The number of nitrogens with zero attached hydrogens (tertiary/aromatic N) is 3. The van der Waals surface area contributed by atoms with Gasteiger partial charge < -0.3 is 18.9 Å². The van der Waals surface area contributed by atoms with E-state index in [0.29, 0.717) is 15.6 Å². The van der Waals surface area contributed by atoms with Crippen molar-refractivity contribution >= 4 is 27.9 Å². The van der Waals surface area contributed by atoms with E-state index in [1.54, 1.807) is 37.3 Å². The second-order valence-electron chi connectivity index (χ2n) is 8.89. The molecule has 1 amide bonds. The minimum Gasteiger partial charge on any atom is -0.479 e. The number of aromatic nitrogens is 2. The molecule has 1 atom stereocenters. The molecule has 1 aromatic heterocycles. The largest absolute Gasteiger partial charge is 0.479 e. The van der Waals surface area contributed by atoms with Gasteiger partial charge >= 0.3 is 12.1 Å². The second kappa shape index (κ2) is 12.6. The van der Waals surface area contributed by atoms with Crippen LogP contribution in [0.15, 0.2) is 59.6 Å². The van der Waals surface area contributed by atoms with Crippen molar-refractivity contribution in [1.82, 2.24) is 9.97 Å². The summed E-state index contributed by atoms with van der Waals surface area (Å²) in [5.74, 6) is -1.22. The lowest BCUT2D eigenvalue weighted by molar-refractivity contribution is -0.147. The fourth-order valence-electron chi connectivity index (χ4n) is 3.48. The van der Waals surface area contributed by atoms with Gasteiger partial charge in [0.15, 0.2) is 6.10 Å². The molecule has 0 fully saturated rings. The molecule has 0 saturated heterocycles. The average molecular weight is 558 g/mol. The summed E-state index contributed by atoms with van der Waals surface area (Å²) in [5, 5.41) is 0. The summed E-state index contributed by atoms with van der Waals surface area (Å²) < 4.78 is 50.1. The summed E-state index contributed by atoms with van der Waals surface area (Å²) in [6, 6.07) is 13.0. The zero-order chi connectivity index (χ0) is 28.7. The molecule has 0 N–H and O–H groups in total. The van der Waals surface area contributed by atoms with Crippen molar-refractivity contribution in [3.05, 3.63) is 60.4 Å². The Balaban J connectivity index is 2.26. The summed E-state index contributed by atoms with van der Waals surface area (Å²) >= 11 is 0. The number of anilines is 1. The summed E-state index contributed by atoms with van der Waals surface area (Å²) in [6.07, 6.45) is -0.900. The Morgan fingerprint density at radius 3 is 2.33 bits per heavy atom. The van der Waals surface area contributed by atoms with Gasteiger partial charge in [0.05, 0.1) is 37.6 Å². The summed E-state index contributed by atoms with van der Waals surface area (Å²) in [7, 11) is -2.23. The minimum atomic E-state index is -4.73. The first-order valence-corrected chi connectivity index (χ1v) is 13.5. The molecule has 3 rings (SSSR count). The molecule has 0 aliphatic heterocycles. The van der Waals surface area contributed by atoms with Crippen LogP contribution in [0, 0.1) is 12.8 Å². The Morgan fingerprint density at radius 2 is 1.72 bits per heavy atom. The van der Waals surface area contributed by atoms with Crippen molar-refractivity contribution in [3.63, 3.8) is 0 Å². The van der Waals surface area contributed by atoms with Crippen molar-refractivity contribution in [3.8, 4) is 22.8 Å². The molecule has 0 spiro atoms. The minimum absolute atomic E-state index is 0.0439. The Bertz CT molecular complexity index is 1430. The Hall–Kier alpha value is -4.19. The van der Waals surface area contributed by atoms with Crippen molar-refractivity contribution in [1.29, 1.82) is 0 Å². The third-order valence-corrected chi connectivity index (χ3v) is 7.03. The van der Waals surface area contributed by atoms with Crippen LogP contribution in [0.4, 0.5) is 10.6 Å². The topological polar surface area (TPSA) is 134 Å². The molecule has 0 aliphatic carbocycles. The van der Waals surface area contributed by atoms with Crippen LogP contribution in [0.2, 0.25) is 0 Å². The van der Waals surface area contributed by atoms with Crippen molar-refractivity contribution < 1.29 is 37.0 Å². The van der Waals surface area contributed by atoms with Gasteiger partial charge in [-0.1, -0.05) is 44.2 Å². The molecule has 208 valence electrons. The van der Waals surface area contributed by atoms with Crippen LogP contribution in [0.25, 0.3) is 11.1 Å². The number of hydrogen-bond acceptors (Lipinski definition) is 10. The van der Waals surface area contributed by atoms with Crippen LogP contribution in [-0.4, -0.2) is 57.4 Å². The number of esters is 1. The highest BCUT2D eigenvalue weighted by Gasteiger charge is 2.38. The number of benzene rings is 2. The molecule has 0 saturated carbocycles. The SMILES string of the molecule is COC(=O)C(C)Oc1ccc(-c2ccccc2)c(S(=O)(=O)N(C(=O)OCC(C)C)c2ncc(C)nc2OC)c1. The zero-order valence-electron chi connectivity index (χ0n) is 22.6. The Kier molecular flexibility index (Phi) is 9.47. The Labute approximate surface area is 227 Å². The summed E-state index contributed by atoms with van der Waals surface area (Å²) in [5.41, 5.74) is 1.27. The van der Waals surface area contributed by atoms with E-state index in [1.807, 2.05) is 13.8 Å². The molecule has 0 bridgehead atoms. The van der Waals surface area contributed by atoms with Crippen LogP contribution in [0.1, 0.15) is 26.5 Å². The molecule has 11 nitrogen and oxygen atoms in total. The average Bonchev–Trinajstić information content (AvgIpc) is 2.92. The first kappa shape index (κ1) is 29.4. The maximum Gasteiger partial charge on any atom is 0.430 e. The molecule has 2 aromatic carbocycles. The maximum atomic E-state index is 14.3. The van der Waals surface area contributed by atoms with Gasteiger partial charge in [0, 0.05) is 11.6 Å². The number of hydrogen-bond donors (Lipinski definition) is 0. The van der Waals surface area contributed by atoms with Crippen LogP contribution in [0.5, 0.6) is 11.6 Å². The van der Waals surface area contributed by atoms with Crippen LogP contribution >= 0.6 is 0 Å². The normalized spacial score (nSPS) is 12.0. The number of carbonyl (C=O) groups is 2. The smallest absolute Gasteiger partial charge is 0.430 e. The first-order chi connectivity index (χ1) is 18.5. The van der Waals surface area contributed by atoms with Gasteiger partial charge in [0.1, 0.15) is 5.75 Å². The fraction of sp³-hybridized carbons (Fsp3) is 0.333. The highest BCUT2D eigenvalue weighted by Crippen LogP contribution is 2.36. The fourth-order valence-corrected chi connectivity index (χ4v) is 5.01. The van der Waals surface area contributed by atoms with Crippen LogP contribution in [-0.2, 0) is 24.3 Å². The third-order valence-electron chi connectivity index (χ3n) is 5.34. The number of rotatable bonds is 10. The van der Waals surface area contributed by atoms with Crippen molar-refractivity contribution in [2.45, 2.75) is 38.7 Å². The molecule has 0 radical (unpaired) electrons. The molecule has 12 heteroatoms. The van der Waals surface area contributed by atoms with Crippen LogP contribution in [0.3, 0.4) is 0 Å². The van der Waals surface area contributed by atoms with E-state index in [9.17, 15) is 18.0 Å².